The fourth-order valence-corrected chi connectivity index (χ4v) is 3.37. The molecule has 2 fully saturated rings. The summed E-state index contributed by atoms with van der Waals surface area (Å²) < 4.78 is 51.4. The molecule has 3 atom stereocenters. The lowest BCUT2D eigenvalue weighted by Gasteiger charge is -2.21. The van der Waals surface area contributed by atoms with E-state index in [1.54, 1.807) is 4.90 Å². The Morgan fingerprint density at radius 2 is 1.90 bits per heavy atom. The van der Waals surface area contributed by atoms with Gasteiger partial charge in [0.05, 0.1) is 17.4 Å². The number of anilines is 1. The van der Waals surface area contributed by atoms with Gasteiger partial charge in [-0.25, -0.2) is 4.39 Å². The van der Waals surface area contributed by atoms with Crippen LogP contribution in [0.5, 0.6) is 0 Å². The van der Waals surface area contributed by atoms with Gasteiger partial charge in [0.1, 0.15) is 5.82 Å². The lowest BCUT2D eigenvalue weighted by molar-refractivity contribution is -0.137. The average Bonchev–Trinajstić information content (AvgIpc) is 2.91. The molecule has 1 heterocycles. The van der Waals surface area contributed by atoms with Crippen LogP contribution in [0.15, 0.2) is 18.2 Å². The molecule has 0 radical (unpaired) electrons. The Morgan fingerprint density at radius 1 is 1.15 bits per heavy atom. The molecule has 2 nitrogen and oxygen atoms in total. The Labute approximate surface area is 114 Å². The fraction of sp³-hybridized carbons (Fsp3) is 0.571. The number of aliphatic hydroxyl groups is 1. The molecule has 1 aliphatic heterocycles. The first kappa shape index (κ1) is 13.7. The number of aliphatic hydroxyl groups excluding tert-OH is 1. The minimum absolute atomic E-state index is 0.108. The minimum Gasteiger partial charge on any atom is -0.393 e. The zero-order valence-corrected chi connectivity index (χ0v) is 10.7. The number of hydrogen-bond donors (Lipinski definition) is 1. The molecule has 2 aliphatic rings. The van der Waals surface area contributed by atoms with Crippen LogP contribution in [-0.4, -0.2) is 24.3 Å². The second-order valence-corrected chi connectivity index (χ2v) is 5.64. The van der Waals surface area contributed by atoms with Gasteiger partial charge in [0.15, 0.2) is 0 Å². The van der Waals surface area contributed by atoms with Gasteiger partial charge in [-0.3, -0.25) is 0 Å². The van der Waals surface area contributed by atoms with Crippen LogP contribution in [0.25, 0.3) is 0 Å². The Kier molecular flexibility index (Phi) is 3.16. The topological polar surface area (TPSA) is 23.5 Å². The second kappa shape index (κ2) is 4.62. The van der Waals surface area contributed by atoms with E-state index in [-0.39, 0.29) is 17.7 Å². The summed E-state index contributed by atoms with van der Waals surface area (Å²) in [5, 5.41) is 9.81. The lowest BCUT2D eigenvalue weighted by Crippen LogP contribution is -2.25. The van der Waals surface area contributed by atoms with E-state index in [9.17, 15) is 22.7 Å². The number of rotatable bonds is 1. The first-order valence-electron chi connectivity index (χ1n) is 6.66. The van der Waals surface area contributed by atoms with E-state index in [1.165, 1.54) is 6.07 Å². The zero-order chi connectivity index (χ0) is 14.5. The maximum absolute atomic E-state index is 13.9. The van der Waals surface area contributed by atoms with Gasteiger partial charge < -0.3 is 10.0 Å². The quantitative estimate of drug-likeness (QED) is 0.803. The van der Waals surface area contributed by atoms with Crippen LogP contribution in [0.1, 0.15) is 18.4 Å². The van der Waals surface area contributed by atoms with Crippen LogP contribution >= 0.6 is 0 Å². The normalized spacial score (nSPS) is 29.9. The third-order valence-corrected chi connectivity index (χ3v) is 4.43. The molecule has 1 saturated heterocycles. The summed E-state index contributed by atoms with van der Waals surface area (Å²) in [7, 11) is 0. The van der Waals surface area contributed by atoms with Crippen molar-refractivity contribution in [3.8, 4) is 0 Å². The van der Waals surface area contributed by atoms with E-state index in [2.05, 4.69) is 0 Å². The summed E-state index contributed by atoms with van der Waals surface area (Å²) in [6.45, 7) is 1.11. The lowest BCUT2D eigenvalue weighted by atomic mass is 10.00. The molecule has 1 N–H and O–H groups in total. The molecule has 1 aromatic rings. The largest absolute Gasteiger partial charge is 0.416 e. The van der Waals surface area contributed by atoms with Crippen molar-refractivity contribution >= 4 is 5.69 Å². The summed E-state index contributed by atoms with van der Waals surface area (Å²) in [6.07, 6.45) is -3.25. The van der Waals surface area contributed by atoms with Crippen molar-refractivity contribution in [2.24, 2.45) is 11.8 Å². The molecule has 110 valence electrons. The monoisotopic (exact) mass is 289 g/mol. The molecule has 1 saturated carbocycles. The summed E-state index contributed by atoms with van der Waals surface area (Å²) >= 11 is 0. The highest BCUT2D eigenvalue weighted by atomic mass is 19.4. The highest BCUT2D eigenvalue weighted by Crippen LogP contribution is 2.41. The maximum atomic E-state index is 13.9. The molecule has 20 heavy (non-hydrogen) atoms. The van der Waals surface area contributed by atoms with Gasteiger partial charge in [0.25, 0.3) is 0 Å². The zero-order valence-electron chi connectivity index (χ0n) is 10.7. The molecule has 3 rings (SSSR count). The number of halogens is 4. The number of benzene rings is 1. The van der Waals surface area contributed by atoms with Crippen molar-refractivity contribution in [1.29, 1.82) is 0 Å². The molecular weight excluding hydrogens is 274 g/mol. The third-order valence-electron chi connectivity index (χ3n) is 4.43. The second-order valence-electron chi connectivity index (χ2n) is 5.64. The Bertz CT molecular complexity index is 516. The number of hydrogen-bond acceptors (Lipinski definition) is 2. The smallest absolute Gasteiger partial charge is 0.393 e. The van der Waals surface area contributed by atoms with Crippen molar-refractivity contribution in [2.45, 2.75) is 25.1 Å². The van der Waals surface area contributed by atoms with Crippen molar-refractivity contribution in [3.05, 3.63) is 29.6 Å². The predicted molar refractivity (Wildman–Crippen MR) is 65.8 cm³/mol. The molecule has 1 aliphatic carbocycles. The van der Waals surface area contributed by atoms with Crippen LogP contribution in [0.2, 0.25) is 0 Å². The highest BCUT2D eigenvalue weighted by molar-refractivity contribution is 5.51. The summed E-state index contributed by atoms with van der Waals surface area (Å²) in [6, 6.07) is 2.63. The first-order valence-corrected chi connectivity index (χ1v) is 6.66. The van der Waals surface area contributed by atoms with E-state index < -0.39 is 17.6 Å². The Balaban J connectivity index is 1.82. The number of alkyl halides is 3. The fourth-order valence-electron chi connectivity index (χ4n) is 3.37. The van der Waals surface area contributed by atoms with Crippen LogP contribution < -0.4 is 4.90 Å². The van der Waals surface area contributed by atoms with Gasteiger partial charge >= 0.3 is 6.18 Å². The molecule has 0 amide bonds. The third kappa shape index (κ3) is 2.26. The van der Waals surface area contributed by atoms with Crippen LogP contribution in [0.3, 0.4) is 0 Å². The summed E-state index contributed by atoms with van der Waals surface area (Å²) in [5.74, 6) is -0.433. The van der Waals surface area contributed by atoms with Crippen molar-refractivity contribution in [3.63, 3.8) is 0 Å². The van der Waals surface area contributed by atoms with Gasteiger partial charge in [-0.05, 0) is 37.0 Å². The molecule has 3 unspecified atom stereocenters. The van der Waals surface area contributed by atoms with Gasteiger partial charge in [0.2, 0.25) is 0 Å². The van der Waals surface area contributed by atoms with Gasteiger partial charge in [0, 0.05) is 19.0 Å². The SMILES string of the molecule is OC1CCC2CN(c3ccc(C(F)(F)F)cc3F)CC12. The predicted octanol–water partition coefficient (Wildman–Crippen LogP) is 3.05. The summed E-state index contributed by atoms with van der Waals surface area (Å²) in [5.41, 5.74) is -0.780. The van der Waals surface area contributed by atoms with Gasteiger partial charge in [-0.15, -0.1) is 0 Å². The highest BCUT2D eigenvalue weighted by Gasteiger charge is 2.42. The van der Waals surface area contributed by atoms with Crippen molar-refractivity contribution < 1.29 is 22.7 Å². The standard InChI is InChI=1S/C14H15F4NO/c15-11-5-9(14(16,17)18)2-3-12(11)19-6-8-1-4-13(20)10(8)7-19/h2-3,5,8,10,13,20H,1,4,6-7H2. The molecule has 0 spiro atoms. The molecule has 6 heteroatoms. The molecule has 0 bridgehead atoms. The van der Waals surface area contributed by atoms with Gasteiger partial charge in [-0.1, -0.05) is 0 Å². The first-order chi connectivity index (χ1) is 9.36. The van der Waals surface area contributed by atoms with Crippen molar-refractivity contribution in [1.82, 2.24) is 0 Å². The summed E-state index contributed by atoms with van der Waals surface area (Å²) in [4.78, 5) is 1.74. The molecule has 0 aromatic heterocycles. The van der Waals surface area contributed by atoms with E-state index in [0.717, 1.165) is 18.9 Å². The van der Waals surface area contributed by atoms with E-state index >= 15 is 0 Å². The van der Waals surface area contributed by atoms with E-state index in [4.69, 9.17) is 0 Å². The molecule has 1 aromatic carbocycles. The number of fused-ring (bicyclic) bond motifs is 1. The van der Waals surface area contributed by atoms with Crippen LogP contribution in [0, 0.1) is 17.7 Å². The van der Waals surface area contributed by atoms with E-state index in [0.29, 0.717) is 25.1 Å². The Morgan fingerprint density at radius 3 is 2.50 bits per heavy atom. The van der Waals surface area contributed by atoms with Crippen LogP contribution in [-0.2, 0) is 6.18 Å². The minimum atomic E-state index is -4.53. The maximum Gasteiger partial charge on any atom is 0.416 e. The van der Waals surface area contributed by atoms with E-state index in [1.807, 2.05) is 0 Å². The van der Waals surface area contributed by atoms with Gasteiger partial charge in [-0.2, -0.15) is 13.2 Å². The molecular formula is C14H15F4NO. The van der Waals surface area contributed by atoms with Crippen molar-refractivity contribution in [2.75, 3.05) is 18.0 Å². The Hall–Kier alpha value is -1.30. The average molecular weight is 289 g/mol. The van der Waals surface area contributed by atoms with Crippen LogP contribution in [0.4, 0.5) is 23.2 Å². The number of nitrogens with zero attached hydrogens (tertiary/aromatic N) is 1.